The van der Waals surface area contributed by atoms with Crippen LogP contribution in [-0.4, -0.2) is 41.5 Å². The maximum Gasteiger partial charge on any atom is 0.140 e. The molecule has 8 nitrogen and oxygen atoms in total. The largest absolute Gasteiger partial charge is 0.402 e. The van der Waals surface area contributed by atoms with Gasteiger partial charge in [-0.15, -0.1) is 0 Å². The average molecular weight is 405 g/mol. The maximum atomic E-state index is 8.83. The van der Waals surface area contributed by atoms with E-state index in [4.69, 9.17) is 21.4 Å². The zero-order valence-corrected chi connectivity index (χ0v) is 17.2. The third-order valence-corrected chi connectivity index (χ3v) is 5.96. The van der Waals surface area contributed by atoms with Gasteiger partial charge in [0.05, 0.1) is 11.6 Å². The minimum Gasteiger partial charge on any atom is -0.402 e. The lowest BCUT2D eigenvalue weighted by Gasteiger charge is -2.39. The summed E-state index contributed by atoms with van der Waals surface area (Å²) < 4.78 is 0. The van der Waals surface area contributed by atoms with E-state index in [1.54, 1.807) is 19.2 Å². The standard InChI is InChI=1S/C22H28N8/c1-14(24)10-19(25)28-20-11-18-17(4-2-8-26-18)22(29-20)30-12-15-5-6-16(13-30)21(15)27-9-3-7-23/h2,4,8,10-11,15-16,21,27H,3,5-6,9,12-13,24H2,1H3,(H2,25,28,29)/b14-10-. The van der Waals surface area contributed by atoms with Crippen LogP contribution in [0.3, 0.4) is 0 Å². The van der Waals surface area contributed by atoms with Crippen LogP contribution in [-0.2, 0) is 0 Å². The lowest BCUT2D eigenvalue weighted by molar-refractivity contribution is 0.299. The first-order chi connectivity index (χ1) is 14.5. The fourth-order valence-electron chi connectivity index (χ4n) is 4.79. The number of nitrogens with zero attached hydrogens (tertiary/aromatic N) is 4. The van der Waals surface area contributed by atoms with E-state index < -0.39 is 0 Å². The van der Waals surface area contributed by atoms with E-state index in [0.717, 1.165) is 36.4 Å². The number of anilines is 2. The summed E-state index contributed by atoms with van der Waals surface area (Å²) in [6.45, 7) is 4.37. The first-order valence-electron chi connectivity index (χ1n) is 10.5. The molecule has 156 valence electrons. The Balaban J connectivity index is 1.60. The third-order valence-electron chi connectivity index (χ3n) is 5.96. The number of nitrogens with one attached hydrogen (secondary N) is 3. The van der Waals surface area contributed by atoms with Crippen molar-refractivity contribution >= 4 is 28.4 Å². The van der Waals surface area contributed by atoms with Gasteiger partial charge in [0.2, 0.25) is 0 Å². The van der Waals surface area contributed by atoms with E-state index in [1.165, 1.54) is 12.8 Å². The molecule has 2 aliphatic rings. The Morgan fingerprint density at radius 2 is 2.17 bits per heavy atom. The van der Waals surface area contributed by atoms with Crippen LogP contribution in [0.4, 0.5) is 11.6 Å². The molecule has 8 heteroatoms. The molecule has 0 radical (unpaired) electrons. The normalized spacial score (nSPS) is 23.4. The van der Waals surface area contributed by atoms with Crippen molar-refractivity contribution in [3.05, 3.63) is 36.2 Å². The van der Waals surface area contributed by atoms with Crippen molar-refractivity contribution in [2.45, 2.75) is 32.2 Å². The van der Waals surface area contributed by atoms with E-state index in [2.05, 4.69) is 32.7 Å². The predicted molar refractivity (Wildman–Crippen MR) is 119 cm³/mol. The maximum absolute atomic E-state index is 8.83. The van der Waals surface area contributed by atoms with Crippen molar-refractivity contribution in [2.75, 3.05) is 29.9 Å². The van der Waals surface area contributed by atoms with Gasteiger partial charge in [0.1, 0.15) is 17.5 Å². The van der Waals surface area contributed by atoms with Crippen LogP contribution in [0.1, 0.15) is 26.2 Å². The Kier molecular flexibility index (Phi) is 5.81. The second kappa shape index (κ2) is 8.67. The molecule has 30 heavy (non-hydrogen) atoms. The van der Waals surface area contributed by atoms with Gasteiger partial charge in [-0.3, -0.25) is 10.4 Å². The van der Waals surface area contributed by atoms with Crippen LogP contribution in [0.2, 0.25) is 0 Å². The minimum absolute atomic E-state index is 0.198. The molecule has 4 rings (SSSR count). The highest BCUT2D eigenvalue weighted by molar-refractivity contribution is 6.03. The van der Waals surface area contributed by atoms with Crippen molar-refractivity contribution in [2.24, 2.45) is 17.6 Å². The van der Waals surface area contributed by atoms with E-state index in [1.807, 2.05) is 12.1 Å². The van der Waals surface area contributed by atoms with Gasteiger partial charge in [0.25, 0.3) is 0 Å². The fourth-order valence-corrected chi connectivity index (χ4v) is 4.79. The predicted octanol–water partition coefficient (Wildman–Crippen LogP) is 2.60. The van der Waals surface area contributed by atoms with E-state index in [0.29, 0.717) is 35.8 Å². The van der Waals surface area contributed by atoms with Gasteiger partial charge >= 0.3 is 0 Å². The fraction of sp³-hybridized carbons (Fsp3) is 0.455. The van der Waals surface area contributed by atoms with Crippen LogP contribution in [0.15, 0.2) is 36.2 Å². The van der Waals surface area contributed by atoms with Gasteiger partial charge in [0, 0.05) is 55.4 Å². The Labute approximate surface area is 176 Å². The molecule has 0 spiro atoms. The van der Waals surface area contributed by atoms with Crippen LogP contribution in [0.5, 0.6) is 0 Å². The van der Waals surface area contributed by atoms with Crippen molar-refractivity contribution in [3.8, 4) is 6.07 Å². The lowest BCUT2D eigenvalue weighted by atomic mass is 9.91. The first-order valence-corrected chi connectivity index (χ1v) is 10.5. The molecule has 0 aromatic carbocycles. The van der Waals surface area contributed by atoms with E-state index in [-0.39, 0.29) is 5.84 Å². The van der Waals surface area contributed by atoms with E-state index in [9.17, 15) is 0 Å². The molecule has 1 saturated heterocycles. The highest BCUT2D eigenvalue weighted by Gasteiger charge is 2.42. The Bertz CT molecular complexity index is 990. The highest BCUT2D eigenvalue weighted by atomic mass is 15.2. The molecule has 3 heterocycles. The zero-order valence-electron chi connectivity index (χ0n) is 17.2. The summed E-state index contributed by atoms with van der Waals surface area (Å²) in [5, 5.41) is 24.6. The van der Waals surface area contributed by atoms with Crippen LogP contribution >= 0.6 is 0 Å². The summed E-state index contributed by atoms with van der Waals surface area (Å²) in [6, 6.07) is 8.57. The van der Waals surface area contributed by atoms with Crippen LogP contribution < -0.4 is 21.3 Å². The molecule has 1 aliphatic heterocycles. The molecular weight excluding hydrogens is 376 g/mol. The van der Waals surface area contributed by atoms with Crippen molar-refractivity contribution < 1.29 is 0 Å². The molecule has 5 N–H and O–H groups in total. The van der Waals surface area contributed by atoms with Gasteiger partial charge in [-0.1, -0.05) is 0 Å². The Morgan fingerprint density at radius 3 is 2.87 bits per heavy atom. The lowest BCUT2D eigenvalue weighted by Crippen LogP contribution is -2.51. The first kappa shape index (κ1) is 20.1. The van der Waals surface area contributed by atoms with Gasteiger partial charge < -0.3 is 21.3 Å². The number of hydrogen-bond donors (Lipinski definition) is 4. The minimum atomic E-state index is 0.198. The Hall–Kier alpha value is -3.18. The summed E-state index contributed by atoms with van der Waals surface area (Å²) in [4.78, 5) is 11.8. The van der Waals surface area contributed by atoms with Gasteiger partial charge in [-0.25, -0.2) is 4.98 Å². The molecular formula is C22H28N8. The smallest absolute Gasteiger partial charge is 0.140 e. The number of aromatic nitrogens is 2. The molecule has 1 aliphatic carbocycles. The van der Waals surface area contributed by atoms with E-state index >= 15 is 0 Å². The summed E-state index contributed by atoms with van der Waals surface area (Å²) in [6.07, 6.45) is 6.30. The number of amidine groups is 1. The number of allylic oxidation sites excluding steroid dienone is 1. The van der Waals surface area contributed by atoms with Gasteiger partial charge in [0.15, 0.2) is 0 Å². The summed E-state index contributed by atoms with van der Waals surface area (Å²) in [5.41, 5.74) is 7.11. The topological polar surface area (TPSA) is 127 Å². The third kappa shape index (κ3) is 4.21. The SMILES string of the molecule is C/C(N)=C/C(=N)Nc1cc2ncccc2c(N2CC3CCC(C2)C3NCCC#N)n1. The number of nitriles is 1. The molecule has 1 saturated carbocycles. The molecule has 2 bridgehead atoms. The van der Waals surface area contributed by atoms with Crippen LogP contribution in [0.25, 0.3) is 10.9 Å². The number of nitrogens with two attached hydrogens (primary N) is 1. The number of piperidine rings is 1. The quantitative estimate of drug-likeness (QED) is 0.331. The molecule has 2 unspecified atom stereocenters. The number of pyridine rings is 2. The number of fused-ring (bicyclic) bond motifs is 3. The monoisotopic (exact) mass is 404 g/mol. The Morgan fingerprint density at radius 1 is 1.40 bits per heavy atom. The molecule has 2 aromatic heterocycles. The molecule has 2 fully saturated rings. The van der Waals surface area contributed by atoms with Crippen molar-refractivity contribution in [3.63, 3.8) is 0 Å². The van der Waals surface area contributed by atoms with Crippen LogP contribution in [0, 0.1) is 28.6 Å². The van der Waals surface area contributed by atoms with Crippen molar-refractivity contribution in [1.82, 2.24) is 15.3 Å². The van der Waals surface area contributed by atoms with Crippen molar-refractivity contribution in [1.29, 1.82) is 10.7 Å². The summed E-state index contributed by atoms with van der Waals surface area (Å²) >= 11 is 0. The second-order valence-corrected chi connectivity index (χ2v) is 8.22. The van der Waals surface area contributed by atoms with Gasteiger partial charge in [-0.2, -0.15) is 5.26 Å². The highest BCUT2D eigenvalue weighted by Crippen LogP contribution is 2.40. The number of hydrogen-bond acceptors (Lipinski definition) is 7. The summed E-state index contributed by atoms with van der Waals surface area (Å²) in [7, 11) is 0. The summed E-state index contributed by atoms with van der Waals surface area (Å²) in [5.74, 6) is 2.81. The molecule has 0 amide bonds. The zero-order chi connectivity index (χ0) is 21.1. The number of rotatable bonds is 6. The molecule has 2 aromatic rings. The second-order valence-electron chi connectivity index (χ2n) is 8.22. The molecule has 2 atom stereocenters. The van der Waals surface area contributed by atoms with Gasteiger partial charge in [-0.05, 0) is 49.8 Å². The average Bonchev–Trinajstić information content (AvgIpc) is 2.94.